The Bertz CT molecular complexity index is 589. The number of nitrogens with zero attached hydrogens (tertiary/aromatic N) is 2. The van der Waals surface area contributed by atoms with Crippen LogP contribution in [0, 0.1) is 0 Å². The first-order valence-corrected chi connectivity index (χ1v) is 8.46. The summed E-state index contributed by atoms with van der Waals surface area (Å²) < 4.78 is 5.34. The molecule has 2 aliphatic rings. The van der Waals surface area contributed by atoms with Crippen molar-refractivity contribution < 1.29 is 9.53 Å². The van der Waals surface area contributed by atoms with Crippen LogP contribution in [-0.2, 0) is 4.79 Å². The zero-order chi connectivity index (χ0) is 16.3. The van der Waals surface area contributed by atoms with Crippen molar-refractivity contribution in [1.29, 1.82) is 0 Å². The van der Waals surface area contributed by atoms with Gasteiger partial charge in [0.1, 0.15) is 5.75 Å². The summed E-state index contributed by atoms with van der Waals surface area (Å²) in [5.74, 6) is 0.935. The van der Waals surface area contributed by atoms with E-state index in [1.807, 2.05) is 30.3 Å². The molecule has 2 aliphatic heterocycles. The van der Waals surface area contributed by atoms with Gasteiger partial charge in [0, 0.05) is 36.8 Å². The first-order valence-electron chi connectivity index (χ1n) is 8.46. The van der Waals surface area contributed by atoms with Gasteiger partial charge in [-0.05, 0) is 44.9 Å². The summed E-state index contributed by atoms with van der Waals surface area (Å²) in [5.41, 5.74) is 1.04. The molecule has 2 heterocycles. The smallest absolute Gasteiger partial charge is 0.247 e. The fraction of sp³-hybridized carbons (Fsp3) is 0.526. The second-order valence-corrected chi connectivity index (χ2v) is 6.70. The molecule has 0 unspecified atom stereocenters. The van der Waals surface area contributed by atoms with Crippen molar-refractivity contribution >= 4 is 12.0 Å². The second-order valence-electron chi connectivity index (χ2n) is 6.70. The molecule has 0 N–H and O–H groups in total. The molecule has 0 bridgehead atoms. The number of para-hydroxylation sites is 1. The highest BCUT2D eigenvalue weighted by atomic mass is 16.5. The monoisotopic (exact) mass is 314 g/mol. The molecule has 4 heteroatoms. The summed E-state index contributed by atoms with van der Waals surface area (Å²) in [6.45, 7) is 3.05. The molecule has 1 spiro atoms. The maximum absolute atomic E-state index is 12.8. The minimum absolute atomic E-state index is 0.0920. The molecule has 124 valence electrons. The van der Waals surface area contributed by atoms with Crippen LogP contribution in [0.2, 0.25) is 0 Å². The summed E-state index contributed by atoms with van der Waals surface area (Å²) in [6.07, 6.45) is 8.05. The van der Waals surface area contributed by atoms with Crippen LogP contribution in [-0.4, -0.2) is 55.0 Å². The number of hydrogen-bond acceptors (Lipinski definition) is 3. The molecule has 0 saturated carbocycles. The Kier molecular flexibility index (Phi) is 4.71. The van der Waals surface area contributed by atoms with Gasteiger partial charge in [0.25, 0.3) is 0 Å². The van der Waals surface area contributed by atoms with Crippen molar-refractivity contribution in [3.05, 3.63) is 35.9 Å². The van der Waals surface area contributed by atoms with Crippen molar-refractivity contribution in [1.82, 2.24) is 9.80 Å². The second kappa shape index (κ2) is 6.75. The highest BCUT2D eigenvalue weighted by Crippen LogP contribution is 2.38. The zero-order valence-corrected chi connectivity index (χ0v) is 14.1. The topological polar surface area (TPSA) is 32.8 Å². The van der Waals surface area contributed by atoms with Gasteiger partial charge >= 0.3 is 0 Å². The van der Waals surface area contributed by atoms with Crippen molar-refractivity contribution in [2.75, 3.05) is 33.8 Å². The minimum atomic E-state index is 0.0920. The van der Waals surface area contributed by atoms with E-state index >= 15 is 0 Å². The van der Waals surface area contributed by atoms with Crippen LogP contribution in [0.25, 0.3) is 6.08 Å². The lowest BCUT2D eigenvalue weighted by Crippen LogP contribution is -2.53. The molecule has 1 amide bonds. The Hall–Kier alpha value is -1.81. The maximum atomic E-state index is 12.8. The number of piperidine rings is 1. The molecule has 1 aromatic carbocycles. The van der Waals surface area contributed by atoms with E-state index in [0.29, 0.717) is 0 Å². The first-order chi connectivity index (χ1) is 11.1. The normalized spacial score (nSPS) is 21.2. The van der Waals surface area contributed by atoms with Crippen LogP contribution in [0.4, 0.5) is 0 Å². The van der Waals surface area contributed by atoms with Crippen LogP contribution in [0.3, 0.4) is 0 Å². The molecule has 0 aromatic heterocycles. The van der Waals surface area contributed by atoms with E-state index in [1.54, 1.807) is 13.2 Å². The number of hydrogen-bond donors (Lipinski definition) is 0. The molecule has 0 aliphatic carbocycles. The third kappa shape index (κ3) is 3.27. The van der Waals surface area contributed by atoms with Crippen LogP contribution in [0.1, 0.15) is 31.2 Å². The van der Waals surface area contributed by atoms with E-state index in [2.05, 4.69) is 16.8 Å². The molecule has 4 nitrogen and oxygen atoms in total. The SMILES string of the molecule is COc1ccccc1C=CC(=O)N1CCCC12CCN(C)CC2. The standard InChI is InChI=1S/C19H26N2O2/c1-20-14-11-19(12-15-20)10-5-13-21(19)18(22)9-8-16-6-3-4-7-17(16)23-2/h3-4,6-9H,5,10-15H2,1-2H3. The lowest BCUT2D eigenvalue weighted by Gasteiger charge is -2.43. The van der Waals surface area contributed by atoms with Crippen molar-refractivity contribution in [3.63, 3.8) is 0 Å². The Balaban J connectivity index is 1.73. The van der Waals surface area contributed by atoms with E-state index in [4.69, 9.17) is 4.74 Å². The Morgan fingerprint density at radius 3 is 2.65 bits per heavy atom. The number of carbonyl (C=O) groups is 1. The van der Waals surface area contributed by atoms with Gasteiger partial charge in [-0.25, -0.2) is 0 Å². The Morgan fingerprint density at radius 2 is 1.91 bits per heavy atom. The third-order valence-corrected chi connectivity index (χ3v) is 5.32. The summed E-state index contributed by atoms with van der Waals surface area (Å²) >= 11 is 0. The Morgan fingerprint density at radius 1 is 1.17 bits per heavy atom. The van der Waals surface area contributed by atoms with Crippen LogP contribution >= 0.6 is 0 Å². The average Bonchev–Trinajstić information content (AvgIpc) is 2.99. The number of carbonyl (C=O) groups excluding carboxylic acids is 1. The number of ether oxygens (including phenoxy) is 1. The van der Waals surface area contributed by atoms with Gasteiger partial charge in [0.2, 0.25) is 5.91 Å². The zero-order valence-electron chi connectivity index (χ0n) is 14.1. The highest BCUT2D eigenvalue weighted by Gasteiger charge is 2.44. The van der Waals surface area contributed by atoms with E-state index in [9.17, 15) is 4.79 Å². The number of rotatable bonds is 3. The molecular formula is C19H26N2O2. The average molecular weight is 314 g/mol. The van der Waals surface area contributed by atoms with Gasteiger partial charge in [-0.15, -0.1) is 0 Å². The van der Waals surface area contributed by atoms with Crippen molar-refractivity contribution in [2.24, 2.45) is 0 Å². The summed E-state index contributed by atoms with van der Waals surface area (Å²) in [5, 5.41) is 0. The molecule has 0 atom stereocenters. The highest BCUT2D eigenvalue weighted by molar-refractivity contribution is 5.93. The van der Waals surface area contributed by atoms with Gasteiger partial charge < -0.3 is 14.5 Å². The Labute approximate surface area is 138 Å². The molecule has 1 aromatic rings. The van der Waals surface area contributed by atoms with E-state index in [1.165, 1.54) is 0 Å². The summed E-state index contributed by atoms with van der Waals surface area (Å²) in [7, 11) is 3.82. The van der Waals surface area contributed by atoms with Gasteiger partial charge in [0.15, 0.2) is 0 Å². The summed E-state index contributed by atoms with van der Waals surface area (Å²) in [4.78, 5) is 17.2. The largest absolute Gasteiger partial charge is 0.496 e. The summed E-state index contributed by atoms with van der Waals surface area (Å²) in [6, 6.07) is 7.78. The quantitative estimate of drug-likeness (QED) is 0.804. The maximum Gasteiger partial charge on any atom is 0.247 e. The van der Waals surface area contributed by atoms with E-state index in [0.717, 1.165) is 56.6 Å². The van der Waals surface area contributed by atoms with Gasteiger partial charge in [-0.2, -0.15) is 0 Å². The number of likely N-dealkylation sites (tertiary alicyclic amines) is 2. The van der Waals surface area contributed by atoms with Crippen molar-refractivity contribution in [2.45, 2.75) is 31.2 Å². The van der Waals surface area contributed by atoms with Gasteiger partial charge in [-0.3, -0.25) is 4.79 Å². The third-order valence-electron chi connectivity index (χ3n) is 5.32. The molecule has 2 fully saturated rings. The van der Waals surface area contributed by atoms with Crippen LogP contribution in [0.5, 0.6) is 5.75 Å². The predicted molar refractivity (Wildman–Crippen MR) is 92.4 cm³/mol. The lowest BCUT2D eigenvalue weighted by atomic mass is 9.85. The molecule has 0 radical (unpaired) electrons. The number of amides is 1. The number of benzene rings is 1. The minimum Gasteiger partial charge on any atom is -0.496 e. The van der Waals surface area contributed by atoms with Gasteiger partial charge in [-0.1, -0.05) is 18.2 Å². The fourth-order valence-corrected chi connectivity index (χ4v) is 3.89. The molecular weight excluding hydrogens is 288 g/mol. The predicted octanol–water partition coefficient (Wildman–Crippen LogP) is 2.80. The van der Waals surface area contributed by atoms with Crippen LogP contribution in [0.15, 0.2) is 30.3 Å². The molecule has 23 heavy (non-hydrogen) atoms. The van der Waals surface area contributed by atoms with Gasteiger partial charge in [0.05, 0.1) is 7.11 Å². The molecule has 3 rings (SSSR count). The number of methoxy groups -OCH3 is 1. The first kappa shape index (κ1) is 16.1. The molecule has 2 saturated heterocycles. The fourth-order valence-electron chi connectivity index (χ4n) is 3.89. The van der Waals surface area contributed by atoms with E-state index in [-0.39, 0.29) is 11.4 Å². The lowest BCUT2D eigenvalue weighted by molar-refractivity contribution is -0.131. The van der Waals surface area contributed by atoms with Crippen molar-refractivity contribution in [3.8, 4) is 5.75 Å². The van der Waals surface area contributed by atoms with Crippen LogP contribution < -0.4 is 4.74 Å². The van der Waals surface area contributed by atoms with E-state index < -0.39 is 0 Å².